The van der Waals surface area contributed by atoms with Gasteiger partial charge in [0.2, 0.25) is 0 Å². The van der Waals surface area contributed by atoms with Crippen LogP contribution < -0.4 is 4.74 Å². The molecule has 136 valence electrons. The fraction of sp³-hybridized carbons (Fsp3) is 0.0400. The van der Waals surface area contributed by atoms with Crippen LogP contribution in [0.15, 0.2) is 83.3 Å². The summed E-state index contributed by atoms with van der Waals surface area (Å²) in [4.78, 5) is 0. The van der Waals surface area contributed by atoms with Crippen molar-refractivity contribution in [2.45, 2.75) is 0 Å². The second-order valence-corrected chi connectivity index (χ2v) is 7.74. The van der Waals surface area contributed by atoms with Crippen LogP contribution in [-0.2, 0) is 0 Å². The number of benzene rings is 5. The van der Waals surface area contributed by atoms with Gasteiger partial charge >= 0.3 is 0 Å². The van der Waals surface area contributed by atoms with Crippen molar-refractivity contribution in [2.75, 3.05) is 7.11 Å². The molecule has 0 aliphatic rings. The third-order valence-corrected chi connectivity index (χ3v) is 5.75. The largest absolute Gasteiger partial charge is 0.496 e. The average Bonchev–Trinajstić information content (AvgIpc) is 2.73. The number of fused-ring (bicyclic) bond motifs is 4. The lowest BCUT2D eigenvalue weighted by Crippen LogP contribution is -1.95. The monoisotopic (exact) mass is 430 g/mol. The highest BCUT2D eigenvalue weighted by atomic mass is 79.9. The molecule has 1 nitrogen and oxygen atoms in total. The summed E-state index contributed by atoms with van der Waals surface area (Å²) < 4.78 is 22.5. The van der Waals surface area contributed by atoms with Crippen molar-refractivity contribution in [1.29, 1.82) is 0 Å². The van der Waals surface area contributed by atoms with E-state index in [2.05, 4.69) is 15.9 Å². The van der Waals surface area contributed by atoms with Gasteiger partial charge in [0, 0.05) is 21.0 Å². The average molecular weight is 431 g/mol. The topological polar surface area (TPSA) is 9.23 Å². The standard InChI is InChI=1S/C25H16BrFO/c1-28-23-13-16-7-3-2-6-15(16)12-22(23)24-19-9-5-4-8-18(19)21-14-17(26)10-11-20(21)25(24)27/h2-14H,1H3. The smallest absolute Gasteiger partial charge is 0.139 e. The van der Waals surface area contributed by atoms with Crippen molar-refractivity contribution in [1.82, 2.24) is 0 Å². The molecule has 5 rings (SSSR count). The molecule has 0 heterocycles. The van der Waals surface area contributed by atoms with E-state index in [1.165, 1.54) is 0 Å². The third-order valence-electron chi connectivity index (χ3n) is 5.26. The number of methoxy groups -OCH3 is 1. The highest BCUT2D eigenvalue weighted by molar-refractivity contribution is 9.10. The molecule has 0 saturated heterocycles. The van der Waals surface area contributed by atoms with E-state index in [1.54, 1.807) is 7.11 Å². The predicted octanol–water partition coefficient (Wildman–Crippen LogP) is 7.72. The van der Waals surface area contributed by atoms with Gasteiger partial charge in [-0.25, -0.2) is 4.39 Å². The molecule has 0 N–H and O–H groups in total. The lowest BCUT2D eigenvalue weighted by Gasteiger charge is -2.16. The second kappa shape index (κ2) is 6.61. The Bertz CT molecular complexity index is 1370. The Morgan fingerprint density at radius 2 is 1.39 bits per heavy atom. The van der Waals surface area contributed by atoms with Crippen molar-refractivity contribution >= 4 is 48.2 Å². The molecular weight excluding hydrogens is 415 g/mol. The number of halogens is 2. The Balaban J connectivity index is 1.98. The van der Waals surface area contributed by atoms with E-state index >= 15 is 4.39 Å². The minimum atomic E-state index is -0.227. The van der Waals surface area contributed by atoms with Crippen molar-refractivity contribution < 1.29 is 9.13 Å². The van der Waals surface area contributed by atoms with Crippen molar-refractivity contribution in [3.05, 3.63) is 89.2 Å². The fourth-order valence-electron chi connectivity index (χ4n) is 3.97. The quantitative estimate of drug-likeness (QED) is 0.260. The zero-order valence-electron chi connectivity index (χ0n) is 15.2. The Kier molecular flexibility index (Phi) is 4.06. The maximum atomic E-state index is 15.9. The first kappa shape index (κ1) is 17.2. The molecule has 5 aromatic rings. The summed E-state index contributed by atoms with van der Waals surface area (Å²) in [5.41, 5.74) is 1.34. The highest BCUT2D eigenvalue weighted by Gasteiger charge is 2.19. The Hall–Kier alpha value is -2.91. The molecule has 0 spiro atoms. The molecule has 0 amide bonds. The maximum Gasteiger partial charge on any atom is 0.139 e. The van der Waals surface area contributed by atoms with Crippen LogP contribution in [0.5, 0.6) is 5.75 Å². The van der Waals surface area contributed by atoms with Crippen molar-refractivity contribution in [3.8, 4) is 16.9 Å². The lowest BCUT2D eigenvalue weighted by molar-refractivity contribution is 0.417. The summed E-state index contributed by atoms with van der Waals surface area (Å²) >= 11 is 3.51. The van der Waals surface area contributed by atoms with Crippen LogP contribution in [0, 0.1) is 5.82 Å². The highest BCUT2D eigenvalue weighted by Crippen LogP contribution is 2.43. The number of rotatable bonds is 2. The third kappa shape index (κ3) is 2.58. The minimum absolute atomic E-state index is 0.227. The van der Waals surface area contributed by atoms with Crippen LogP contribution in [0.2, 0.25) is 0 Å². The Labute approximate surface area is 170 Å². The zero-order valence-corrected chi connectivity index (χ0v) is 16.8. The molecule has 0 aliphatic carbocycles. The Morgan fingerprint density at radius 1 is 0.714 bits per heavy atom. The first-order valence-electron chi connectivity index (χ1n) is 9.04. The molecule has 0 atom stereocenters. The van der Waals surface area contributed by atoms with E-state index in [1.807, 2.05) is 78.9 Å². The lowest BCUT2D eigenvalue weighted by atomic mass is 9.91. The molecule has 0 unspecified atom stereocenters. The summed E-state index contributed by atoms with van der Waals surface area (Å²) in [7, 11) is 1.63. The van der Waals surface area contributed by atoms with Crippen LogP contribution in [0.25, 0.3) is 43.4 Å². The van der Waals surface area contributed by atoms with Gasteiger partial charge in [-0.3, -0.25) is 0 Å². The van der Waals surface area contributed by atoms with Gasteiger partial charge in [-0.15, -0.1) is 0 Å². The van der Waals surface area contributed by atoms with Gasteiger partial charge in [0.05, 0.1) is 7.11 Å². The molecule has 0 saturated carbocycles. The van der Waals surface area contributed by atoms with Gasteiger partial charge in [0.1, 0.15) is 11.6 Å². The van der Waals surface area contributed by atoms with E-state index in [-0.39, 0.29) is 5.82 Å². The van der Waals surface area contributed by atoms with E-state index in [0.717, 1.165) is 37.0 Å². The van der Waals surface area contributed by atoms with Crippen LogP contribution in [0.3, 0.4) is 0 Å². The van der Waals surface area contributed by atoms with E-state index in [0.29, 0.717) is 16.7 Å². The predicted molar refractivity (Wildman–Crippen MR) is 119 cm³/mol. The van der Waals surface area contributed by atoms with Gasteiger partial charge in [0.25, 0.3) is 0 Å². The molecule has 0 radical (unpaired) electrons. The van der Waals surface area contributed by atoms with Gasteiger partial charge in [-0.05, 0) is 51.2 Å². The zero-order chi connectivity index (χ0) is 19.3. The van der Waals surface area contributed by atoms with Crippen LogP contribution in [-0.4, -0.2) is 7.11 Å². The summed E-state index contributed by atoms with van der Waals surface area (Å²) in [5, 5.41) is 5.51. The first-order chi connectivity index (χ1) is 13.7. The SMILES string of the molecule is COc1cc2ccccc2cc1-c1c(F)c2ccc(Br)cc2c2ccccc12. The van der Waals surface area contributed by atoms with Gasteiger partial charge in [0.15, 0.2) is 0 Å². The van der Waals surface area contributed by atoms with E-state index in [4.69, 9.17) is 4.74 Å². The fourth-order valence-corrected chi connectivity index (χ4v) is 4.33. The molecule has 0 aromatic heterocycles. The van der Waals surface area contributed by atoms with Crippen LogP contribution in [0.4, 0.5) is 4.39 Å². The molecule has 0 fully saturated rings. The minimum Gasteiger partial charge on any atom is -0.496 e. The van der Waals surface area contributed by atoms with Crippen molar-refractivity contribution in [3.63, 3.8) is 0 Å². The summed E-state index contributed by atoms with van der Waals surface area (Å²) in [6.07, 6.45) is 0. The van der Waals surface area contributed by atoms with Crippen LogP contribution >= 0.6 is 15.9 Å². The summed E-state index contributed by atoms with van der Waals surface area (Å²) in [5.74, 6) is 0.439. The normalized spacial score (nSPS) is 11.4. The molecule has 5 aromatic carbocycles. The van der Waals surface area contributed by atoms with Gasteiger partial charge in [-0.1, -0.05) is 70.5 Å². The second-order valence-electron chi connectivity index (χ2n) is 6.82. The number of hydrogen-bond donors (Lipinski definition) is 0. The van der Waals surface area contributed by atoms with Crippen LogP contribution in [0.1, 0.15) is 0 Å². The number of ether oxygens (including phenoxy) is 1. The molecule has 3 heteroatoms. The molecular formula is C25H16BrFO. The van der Waals surface area contributed by atoms with E-state index < -0.39 is 0 Å². The molecule has 0 aliphatic heterocycles. The number of hydrogen-bond acceptors (Lipinski definition) is 1. The summed E-state index contributed by atoms with van der Waals surface area (Å²) in [6.45, 7) is 0. The van der Waals surface area contributed by atoms with Gasteiger partial charge < -0.3 is 4.74 Å². The molecule has 0 bridgehead atoms. The Morgan fingerprint density at radius 3 is 2.14 bits per heavy atom. The van der Waals surface area contributed by atoms with Gasteiger partial charge in [-0.2, -0.15) is 0 Å². The molecule has 28 heavy (non-hydrogen) atoms. The van der Waals surface area contributed by atoms with E-state index in [9.17, 15) is 0 Å². The maximum absolute atomic E-state index is 15.9. The first-order valence-corrected chi connectivity index (χ1v) is 9.83. The van der Waals surface area contributed by atoms with Crippen molar-refractivity contribution in [2.24, 2.45) is 0 Å². The summed E-state index contributed by atoms with van der Waals surface area (Å²) in [6, 6.07) is 25.7.